The van der Waals surface area contributed by atoms with Crippen molar-refractivity contribution in [3.05, 3.63) is 64.1 Å². The summed E-state index contributed by atoms with van der Waals surface area (Å²) in [5, 5.41) is 8.21. The maximum absolute atomic E-state index is 13.0. The number of carbonyl (C=O) groups excluding carboxylic acids is 1. The number of rotatable bonds is 3. The van der Waals surface area contributed by atoms with Gasteiger partial charge in [-0.2, -0.15) is 5.10 Å². The number of hydrogen-bond acceptors (Lipinski definition) is 4. The van der Waals surface area contributed by atoms with Gasteiger partial charge in [-0.1, -0.05) is 18.2 Å². The zero-order valence-electron chi connectivity index (χ0n) is 17.0. The Kier molecular flexibility index (Phi) is 5.07. The average molecular weight is 392 g/mol. The fraction of sp³-hybridized carbons (Fsp3) is 0.318. The number of piperazine rings is 1. The van der Waals surface area contributed by atoms with Crippen molar-refractivity contribution in [3.8, 4) is 0 Å². The van der Waals surface area contributed by atoms with Crippen molar-refractivity contribution in [2.45, 2.75) is 6.92 Å². The number of nitrogens with one attached hydrogen (secondary N) is 2. The smallest absolute Gasteiger partial charge is 0.276 e. The minimum Gasteiger partial charge on any atom is -0.360 e. The first kappa shape index (κ1) is 19.1. The van der Waals surface area contributed by atoms with Crippen molar-refractivity contribution in [3.63, 3.8) is 0 Å². The normalized spacial score (nSPS) is 14.9. The van der Waals surface area contributed by atoms with Gasteiger partial charge in [-0.05, 0) is 36.8 Å². The molecule has 0 saturated carbocycles. The van der Waals surface area contributed by atoms with Crippen LogP contribution in [0.4, 0.5) is 11.4 Å². The summed E-state index contributed by atoms with van der Waals surface area (Å²) in [5.74, 6) is -0.323. The quantitative estimate of drug-likeness (QED) is 0.693. The Morgan fingerprint density at radius 1 is 1.10 bits per heavy atom. The Hall–Kier alpha value is -3.19. The number of aryl methyl sites for hydroxylation is 2. The number of likely N-dealkylation sites (N-methyl/N-ethyl adjacent to an activating group) is 1. The molecule has 29 heavy (non-hydrogen) atoms. The van der Waals surface area contributed by atoms with Gasteiger partial charge in [0.2, 0.25) is 0 Å². The van der Waals surface area contributed by atoms with Crippen LogP contribution in [-0.4, -0.2) is 48.9 Å². The van der Waals surface area contributed by atoms with E-state index in [4.69, 9.17) is 0 Å². The Balaban J connectivity index is 1.60. The second kappa shape index (κ2) is 7.67. The first-order valence-corrected chi connectivity index (χ1v) is 9.88. The van der Waals surface area contributed by atoms with E-state index in [2.05, 4.69) is 34.5 Å². The highest BCUT2D eigenvalue weighted by molar-refractivity contribution is 6.11. The highest BCUT2D eigenvalue weighted by Gasteiger charge is 2.19. The molecule has 0 bridgehead atoms. The average Bonchev–Trinajstić information content (AvgIpc) is 2.72. The van der Waals surface area contributed by atoms with E-state index in [0.29, 0.717) is 10.8 Å². The van der Waals surface area contributed by atoms with Crippen LogP contribution in [0.15, 0.2) is 47.3 Å². The first-order valence-electron chi connectivity index (χ1n) is 9.88. The molecule has 2 heterocycles. The molecule has 4 rings (SSSR count). The van der Waals surface area contributed by atoms with Crippen LogP contribution in [0.2, 0.25) is 0 Å². The van der Waals surface area contributed by atoms with Crippen LogP contribution < -0.4 is 20.7 Å². The molecule has 1 amide bonds. The van der Waals surface area contributed by atoms with Crippen molar-refractivity contribution in [2.24, 2.45) is 7.05 Å². The lowest BCUT2D eigenvalue weighted by molar-refractivity contribution is -0.880. The van der Waals surface area contributed by atoms with Gasteiger partial charge < -0.3 is 15.1 Å². The number of hydrogen-bond donors (Lipinski definition) is 2. The number of quaternary nitrogens is 1. The van der Waals surface area contributed by atoms with Gasteiger partial charge in [0.25, 0.3) is 11.5 Å². The summed E-state index contributed by atoms with van der Waals surface area (Å²) in [6.45, 7) is 6.31. The molecule has 1 aliphatic heterocycles. The molecular weight excluding hydrogens is 366 g/mol. The predicted octanol–water partition coefficient (Wildman–Crippen LogP) is 0.829. The Bertz CT molecular complexity index is 1130. The van der Waals surface area contributed by atoms with E-state index < -0.39 is 0 Å². The summed E-state index contributed by atoms with van der Waals surface area (Å²) in [6, 6.07) is 13.2. The fourth-order valence-electron chi connectivity index (χ4n) is 3.78. The molecule has 7 heteroatoms. The molecule has 0 spiro atoms. The number of fused-ring (bicyclic) bond motifs is 1. The maximum Gasteiger partial charge on any atom is 0.276 e. The highest BCUT2D eigenvalue weighted by atomic mass is 16.2. The molecular formula is C22H26N5O2+. The van der Waals surface area contributed by atoms with E-state index in [-0.39, 0.29) is 17.2 Å². The van der Waals surface area contributed by atoms with E-state index in [1.165, 1.54) is 10.4 Å². The van der Waals surface area contributed by atoms with Crippen LogP contribution >= 0.6 is 0 Å². The molecule has 0 unspecified atom stereocenters. The Labute approximate surface area is 169 Å². The van der Waals surface area contributed by atoms with E-state index in [9.17, 15) is 9.59 Å². The van der Waals surface area contributed by atoms with Crippen molar-refractivity contribution in [2.75, 3.05) is 43.4 Å². The molecule has 1 saturated heterocycles. The second-order valence-electron chi connectivity index (χ2n) is 7.72. The van der Waals surface area contributed by atoms with Gasteiger partial charge in [0.05, 0.1) is 38.6 Å². The molecule has 0 radical (unpaired) electrons. The number of nitrogens with zero attached hydrogens (tertiary/aromatic N) is 3. The lowest BCUT2D eigenvalue weighted by atomic mass is 10.1. The SMILES string of the molecule is Cc1cc(N2CC[NH+](C)CC2)ccc1NC(=O)c1nn(C)c(=O)c2ccccc12. The summed E-state index contributed by atoms with van der Waals surface area (Å²) in [4.78, 5) is 29.2. The summed E-state index contributed by atoms with van der Waals surface area (Å²) < 4.78 is 1.21. The molecule has 1 aliphatic rings. The van der Waals surface area contributed by atoms with Crippen molar-refractivity contribution in [1.29, 1.82) is 0 Å². The third kappa shape index (κ3) is 3.73. The van der Waals surface area contributed by atoms with Gasteiger partial charge in [-0.15, -0.1) is 0 Å². The molecule has 1 fully saturated rings. The molecule has 3 aromatic rings. The number of anilines is 2. The van der Waals surface area contributed by atoms with Crippen molar-refractivity contribution >= 4 is 28.1 Å². The largest absolute Gasteiger partial charge is 0.360 e. The van der Waals surface area contributed by atoms with Crippen LogP contribution in [0, 0.1) is 6.92 Å². The van der Waals surface area contributed by atoms with Crippen LogP contribution in [0.3, 0.4) is 0 Å². The summed E-state index contributed by atoms with van der Waals surface area (Å²) in [5.41, 5.74) is 2.95. The lowest BCUT2D eigenvalue weighted by Gasteiger charge is -2.32. The summed E-state index contributed by atoms with van der Waals surface area (Å²) >= 11 is 0. The standard InChI is InChI=1S/C22H25N5O2/c1-15-14-16(27-12-10-25(2)11-13-27)8-9-19(15)23-21(28)20-17-6-4-5-7-18(17)22(29)26(3)24-20/h4-9,14H,10-13H2,1-3H3,(H,23,28)/p+1. The zero-order valence-corrected chi connectivity index (χ0v) is 17.0. The van der Waals surface area contributed by atoms with Gasteiger partial charge >= 0.3 is 0 Å². The zero-order chi connectivity index (χ0) is 20.5. The van der Waals surface area contributed by atoms with E-state index in [0.717, 1.165) is 37.4 Å². The van der Waals surface area contributed by atoms with Crippen LogP contribution in [-0.2, 0) is 7.05 Å². The minimum atomic E-state index is -0.323. The van der Waals surface area contributed by atoms with Crippen LogP contribution in [0.5, 0.6) is 0 Å². The van der Waals surface area contributed by atoms with Crippen LogP contribution in [0.1, 0.15) is 16.1 Å². The molecule has 1 aromatic heterocycles. The molecule has 2 aromatic carbocycles. The van der Waals surface area contributed by atoms with Gasteiger partial charge in [0.1, 0.15) is 0 Å². The molecule has 2 N–H and O–H groups in total. The third-order valence-electron chi connectivity index (χ3n) is 5.61. The van der Waals surface area contributed by atoms with Gasteiger partial charge in [0.15, 0.2) is 5.69 Å². The first-order chi connectivity index (χ1) is 13.9. The van der Waals surface area contributed by atoms with Crippen LogP contribution in [0.25, 0.3) is 10.8 Å². The predicted molar refractivity (Wildman–Crippen MR) is 115 cm³/mol. The Morgan fingerprint density at radius 3 is 2.48 bits per heavy atom. The molecule has 7 nitrogen and oxygen atoms in total. The molecule has 0 aliphatic carbocycles. The number of aromatic nitrogens is 2. The second-order valence-corrected chi connectivity index (χ2v) is 7.72. The topological polar surface area (TPSA) is 71.7 Å². The third-order valence-corrected chi connectivity index (χ3v) is 5.61. The van der Waals surface area contributed by atoms with Gasteiger partial charge in [0, 0.05) is 23.8 Å². The minimum absolute atomic E-state index is 0.216. The lowest BCUT2D eigenvalue weighted by Crippen LogP contribution is -3.12. The fourth-order valence-corrected chi connectivity index (χ4v) is 3.78. The van der Waals surface area contributed by atoms with Crippen molar-refractivity contribution in [1.82, 2.24) is 9.78 Å². The van der Waals surface area contributed by atoms with E-state index in [1.54, 1.807) is 36.2 Å². The monoisotopic (exact) mass is 392 g/mol. The number of benzene rings is 2. The molecule has 0 atom stereocenters. The number of carbonyl (C=O) groups is 1. The Morgan fingerprint density at radius 2 is 1.79 bits per heavy atom. The number of amides is 1. The van der Waals surface area contributed by atoms with Crippen molar-refractivity contribution < 1.29 is 9.69 Å². The summed E-state index contributed by atoms with van der Waals surface area (Å²) in [7, 11) is 3.78. The molecule has 150 valence electrons. The van der Waals surface area contributed by atoms with Gasteiger partial charge in [-0.25, -0.2) is 4.68 Å². The van der Waals surface area contributed by atoms with E-state index in [1.807, 2.05) is 13.0 Å². The summed E-state index contributed by atoms with van der Waals surface area (Å²) in [6.07, 6.45) is 0. The highest BCUT2D eigenvalue weighted by Crippen LogP contribution is 2.24. The van der Waals surface area contributed by atoms with Gasteiger partial charge in [-0.3, -0.25) is 9.59 Å². The maximum atomic E-state index is 13.0. The van der Waals surface area contributed by atoms with E-state index >= 15 is 0 Å².